The van der Waals surface area contributed by atoms with Crippen LogP contribution in [0.2, 0.25) is 0 Å². The van der Waals surface area contributed by atoms with Crippen LogP contribution in [0.25, 0.3) is 21.9 Å². The van der Waals surface area contributed by atoms with Gasteiger partial charge >= 0.3 is 5.63 Å². The fraction of sp³-hybridized carbons (Fsp3) is 0.0526. The van der Waals surface area contributed by atoms with Crippen LogP contribution in [0.15, 0.2) is 68.6 Å². The Bertz CT molecular complexity index is 1240. The highest BCUT2D eigenvalue weighted by atomic mass is 19.1. The average molecular weight is 337 g/mol. The molecule has 0 saturated carbocycles. The van der Waals surface area contributed by atoms with E-state index in [1.165, 1.54) is 10.6 Å². The van der Waals surface area contributed by atoms with Crippen molar-refractivity contribution in [2.45, 2.75) is 6.54 Å². The topological polar surface area (TPSA) is 72.4 Å². The third kappa shape index (κ3) is 2.39. The lowest BCUT2D eigenvalue weighted by Crippen LogP contribution is -2.22. The van der Waals surface area contributed by atoms with Crippen molar-refractivity contribution < 1.29 is 13.9 Å². The van der Waals surface area contributed by atoms with Crippen molar-refractivity contribution in [3.05, 3.63) is 86.8 Å². The Morgan fingerprint density at radius 1 is 1.04 bits per heavy atom. The van der Waals surface area contributed by atoms with Gasteiger partial charge in [0, 0.05) is 10.9 Å². The Morgan fingerprint density at radius 3 is 2.56 bits per heavy atom. The van der Waals surface area contributed by atoms with Crippen LogP contribution in [0.3, 0.4) is 0 Å². The first-order chi connectivity index (χ1) is 12.1. The maximum Gasteiger partial charge on any atom is 0.339 e. The van der Waals surface area contributed by atoms with Crippen LogP contribution in [-0.2, 0) is 6.54 Å². The molecule has 2 heterocycles. The maximum atomic E-state index is 14.0. The van der Waals surface area contributed by atoms with E-state index in [2.05, 4.69) is 0 Å². The lowest BCUT2D eigenvalue weighted by molar-refractivity contribution is 0.467. The number of hydrogen-bond acceptors (Lipinski definition) is 4. The fourth-order valence-electron chi connectivity index (χ4n) is 2.98. The van der Waals surface area contributed by atoms with Crippen LogP contribution >= 0.6 is 0 Å². The van der Waals surface area contributed by atoms with E-state index in [4.69, 9.17) is 4.42 Å². The predicted octanol–water partition coefficient (Wildman–Crippen LogP) is 3.00. The summed E-state index contributed by atoms with van der Waals surface area (Å²) in [5.74, 6) is -0.883. The van der Waals surface area contributed by atoms with Crippen molar-refractivity contribution in [2.24, 2.45) is 0 Å². The minimum Gasteiger partial charge on any atom is -0.507 e. The molecule has 0 radical (unpaired) electrons. The molecule has 25 heavy (non-hydrogen) atoms. The normalized spacial score (nSPS) is 11.2. The number of fused-ring (bicyclic) bond motifs is 3. The second kappa shape index (κ2) is 5.59. The fourth-order valence-corrected chi connectivity index (χ4v) is 2.98. The van der Waals surface area contributed by atoms with E-state index in [0.717, 1.165) is 6.07 Å². The minimum atomic E-state index is -0.749. The summed E-state index contributed by atoms with van der Waals surface area (Å²) in [6.45, 7) is -0.0134. The molecule has 0 spiro atoms. The van der Waals surface area contributed by atoms with E-state index >= 15 is 0 Å². The Labute approximate surface area is 140 Å². The molecule has 2 aromatic heterocycles. The lowest BCUT2D eigenvalue weighted by Gasteiger charge is -2.13. The number of rotatable bonds is 2. The summed E-state index contributed by atoms with van der Waals surface area (Å²) in [6.07, 6.45) is 0. The highest BCUT2D eigenvalue weighted by Crippen LogP contribution is 2.27. The summed E-state index contributed by atoms with van der Waals surface area (Å²) in [6, 6.07) is 13.8. The van der Waals surface area contributed by atoms with Crippen LogP contribution in [0, 0.1) is 5.82 Å². The van der Waals surface area contributed by atoms with E-state index in [1.54, 1.807) is 42.5 Å². The molecule has 1 N–H and O–H groups in total. The molecule has 6 heteroatoms. The van der Waals surface area contributed by atoms with E-state index in [0.29, 0.717) is 16.5 Å². The number of pyridine rings is 1. The van der Waals surface area contributed by atoms with E-state index in [9.17, 15) is 19.1 Å². The number of nitrogens with zero attached hydrogens (tertiary/aromatic N) is 1. The molecule has 0 atom stereocenters. The van der Waals surface area contributed by atoms with Gasteiger partial charge in [-0.25, -0.2) is 9.18 Å². The van der Waals surface area contributed by atoms with Gasteiger partial charge in [0.15, 0.2) is 5.58 Å². The first-order valence-corrected chi connectivity index (χ1v) is 7.58. The Kier molecular flexibility index (Phi) is 3.39. The lowest BCUT2D eigenvalue weighted by atomic mass is 10.1. The summed E-state index contributed by atoms with van der Waals surface area (Å²) in [5.41, 5.74) is -0.460. The van der Waals surface area contributed by atoms with Crippen LogP contribution in [0.4, 0.5) is 4.39 Å². The molecular formula is C19H12FNO4. The van der Waals surface area contributed by atoms with Gasteiger partial charge in [0.2, 0.25) is 0 Å². The molecule has 5 nitrogen and oxygen atoms in total. The second-order valence-electron chi connectivity index (χ2n) is 5.65. The van der Waals surface area contributed by atoms with E-state index in [1.807, 2.05) is 0 Å². The van der Waals surface area contributed by atoms with Crippen LogP contribution in [0.1, 0.15) is 5.56 Å². The van der Waals surface area contributed by atoms with Gasteiger partial charge in [-0.15, -0.1) is 0 Å². The van der Waals surface area contributed by atoms with Gasteiger partial charge in [-0.3, -0.25) is 4.79 Å². The number of aromatic nitrogens is 1. The van der Waals surface area contributed by atoms with Crippen molar-refractivity contribution in [3.63, 3.8) is 0 Å². The van der Waals surface area contributed by atoms with Gasteiger partial charge in [0.05, 0.1) is 18.1 Å². The molecule has 2 aromatic carbocycles. The van der Waals surface area contributed by atoms with Crippen LogP contribution < -0.4 is 11.2 Å². The summed E-state index contributed by atoms with van der Waals surface area (Å²) in [4.78, 5) is 24.5. The number of benzene rings is 2. The zero-order valence-corrected chi connectivity index (χ0v) is 12.9. The average Bonchev–Trinajstić information content (AvgIpc) is 2.59. The molecule has 0 amide bonds. The van der Waals surface area contributed by atoms with Gasteiger partial charge in [-0.2, -0.15) is 0 Å². The monoisotopic (exact) mass is 337 g/mol. The number of aromatic hydroxyl groups is 1. The summed E-state index contributed by atoms with van der Waals surface area (Å²) in [7, 11) is 0. The molecule has 0 bridgehead atoms. The van der Waals surface area contributed by atoms with Crippen LogP contribution in [0.5, 0.6) is 5.75 Å². The zero-order valence-electron chi connectivity index (χ0n) is 12.9. The third-order valence-electron chi connectivity index (χ3n) is 4.13. The number of hydrogen-bond donors (Lipinski definition) is 1. The summed E-state index contributed by atoms with van der Waals surface area (Å²) >= 11 is 0. The molecule has 0 aliphatic rings. The van der Waals surface area contributed by atoms with Crippen LogP contribution in [-0.4, -0.2) is 9.67 Å². The molecule has 0 aliphatic heterocycles. The Balaban J connectivity index is 2.13. The van der Waals surface area contributed by atoms with Gasteiger partial charge in [-0.05, 0) is 18.2 Å². The van der Waals surface area contributed by atoms with E-state index < -0.39 is 22.8 Å². The number of para-hydroxylation sites is 1. The van der Waals surface area contributed by atoms with Gasteiger partial charge < -0.3 is 14.1 Å². The van der Waals surface area contributed by atoms with Gasteiger partial charge in [-0.1, -0.05) is 30.3 Å². The van der Waals surface area contributed by atoms with Crippen molar-refractivity contribution in [2.75, 3.05) is 0 Å². The summed E-state index contributed by atoms with van der Waals surface area (Å²) in [5, 5.41) is 10.5. The highest BCUT2D eigenvalue weighted by molar-refractivity contribution is 6.03. The van der Waals surface area contributed by atoms with Crippen molar-refractivity contribution in [1.82, 2.24) is 4.57 Å². The first kappa shape index (κ1) is 15.1. The third-order valence-corrected chi connectivity index (χ3v) is 4.13. The Hall–Kier alpha value is -3.41. The smallest absolute Gasteiger partial charge is 0.339 e. The van der Waals surface area contributed by atoms with Crippen molar-refractivity contribution >= 4 is 21.9 Å². The quantitative estimate of drug-likeness (QED) is 0.571. The number of halogens is 1. The summed E-state index contributed by atoms with van der Waals surface area (Å²) < 4.78 is 20.5. The van der Waals surface area contributed by atoms with E-state index in [-0.39, 0.29) is 17.5 Å². The molecule has 4 rings (SSSR count). The first-order valence-electron chi connectivity index (χ1n) is 7.58. The SMILES string of the molecule is O=c1cc(O)c2c(=O)n(Cc3ccccc3F)c3ccccc3c2o1. The second-order valence-corrected chi connectivity index (χ2v) is 5.65. The standard InChI is InChI=1S/C19H12FNO4/c20-13-7-3-1-5-11(13)10-21-14-8-4-2-6-12(14)18-17(19(21)24)15(22)9-16(23)25-18/h1-9,22H,10H2. The zero-order chi connectivity index (χ0) is 17.6. The molecule has 0 fully saturated rings. The highest BCUT2D eigenvalue weighted by Gasteiger charge is 2.17. The largest absolute Gasteiger partial charge is 0.507 e. The van der Waals surface area contributed by atoms with Gasteiger partial charge in [0.1, 0.15) is 17.0 Å². The molecule has 4 aromatic rings. The molecular weight excluding hydrogens is 325 g/mol. The maximum absolute atomic E-state index is 14.0. The molecule has 0 saturated heterocycles. The molecule has 0 unspecified atom stereocenters. The Morgan fingerprint density at radius 2 is 1.76 bits per heavy atom. The van der Waals surface area contributed by atoms with Crippen molar-refractivity contribution in [3.8, 4) is 5.75 Å². The van der Waals surface area contributed by atoms with Gasteiger partial charge in [0.25, 0.3) is 5.56 Å². The predicted molar refractivity (Wildman–Crippen MR) is 91.4 cm³/mol. The minimum absolute atomic E-state index is 0.0134. The van der Waals surface area contributed by atoms with Crippen molar-refractivity contribution in [1.29, 1.82) is 0 Å². The molecule has 0 aliphatic carbocycles. The molecule has 124 valence electrons.